The van der Waals surface area contributed by atoms with Crippen LogP contribution >= 0.6 is 15.9 Å². The van der Waals surface area contributed by atoms with Crippen LogP contribution in [0.15, 0.2) is 22.2 Å². The Balaban J connectivity index is 2.12. The third kappa shape index (κ3) is 2.12. The number of amides is 1. The Morgan fingerprint density at radius 3 is 2.93 bits per heavy atom. The third-order valence-corrected chi connectivity index (χ3v) is 3.25. The monoisotopic (exact) mass is 277 g/mol. The van der Waals surface area contributed by atoms with Crippen LogP contribution in [0.2, 0.25) is 0 Å². The first-order chi connectivity index (χ1) is 7.08. The normalized spacial score (nSPS) is 25.5. The maximum atomic E-state index is 12.2. The van der Waals surface area contributed by atoms with Crippen LogP contribution in [-0.2, 0) is 4.79 Å². The molecule has 5 heteroatoms. The van der Waals surface area contributed by atoms with E-state index in [4.69, 9.17) is 0 Å². The summed E-state index contributed by atoms with van der Waals surface area (Å²) in [5.41, 5.74) is 0.666. The molecule has 1 aliphatic carbocycles. The molecule has 82 valence electrons. The van der Waals surface area contributed by atoms with Gasteiger partial charge >= 0.3 is 0 Å². The summed E-state index contributed by atoms with van der Waals surface area (Å²) < 4.78 is 25.4. The molecule has 1 fully saturated rings. The zero-order chi connectivity index (χ0) is 11.0. The molecule has 0 N–H and O–H groups in total. The highest BCUT2D eigenvalue weighted by molar-refractivity contribution is 9.11. The zero-order valence-electron chi connectivity index (χ0n) is 7.92. The van der Waals surface area contributed by atoms with Gasteiger partial charge in [-0.1, -0.05) is 28.1 Å². The summed E-state index contributed by atoms with van der Waals surface area (Å²) in [6, 6.07) is 0. The molecule has 0 saturated carbocycles. The zero-order valence-corrected chi connectivity index (χ0v) is 9.51. The summed E-state index contributed by atoms with van der Waals surface area (Å²) in [5, 5.41) is 0. The van der Waals surface area contributed by atoms with Crippen molar-refractivity contribution in [1.29, 1.82) is 0 Å². The number of allylic oxidation sites excluding steroid dienone is 3. The van der Waals surface area contributed by atoms with Crippen molar-refractivity contribution in [3.63, 3.8) is 0 Å². The molecule has 0 aromatic carbocycles. The SMILES string of the molecule is O=C1C2=CC=C(Br)CC2CN1CC(F)F. The number of fused-ring (bicyclic) bond motifs is 1. The summed E-state index contributed by atoms with van der Waals surface area (Å²) in [5.74, 6) is -0.160. The van der Waals surface area contributed by atoms with Gasteiger partial charge in [-0.05, 0) is 10.9 Å². The number of carbonyl (C=O) groups is 1. The standard InChI is InChI=1S/C10H10BrF2NO/c11-7-1-2-8-6(3-7)4-14(10(8)15)5-9(12)13/h1-2,6,9H,3-5H2. The van der Waals surface area contributed by atoms with Crippen LogP contribution in [0.1, 0.15) is 6.42 Å². The van der Waals surface area contributed by atoms with Crippen LogP contribution in [0.25, 0.3) is 0 Å². The molecule has 1 amide bonds. The lowest BCUT2D eigenvalue weighted by molar-refractivity contribution is -0.126. The lowest BCUT2D eigenvalue weighted by Crippen LogP contribution is -2.30. The highest BCUT2D eigenvalue weighted by Crippen LogP contribution is 2.34. The quantitative estimate of drug-likeness (QED) is 0.759. The van der Waals surface area contributed by atoms with Crippen molar-refractivity contribution in [2.24, 2.45) is 5.92 Å². The van der Waals surface area contributed by atoms with Gasteiger partial charge in [0.25, 0.3) is 6.43 Å². The highest BCUT2D eigenvalue weighted by Gasteiger charge is 2.37. The summed E-state index contributed by atoms with van der Waals surface area (Å²) in [7, 11) is 0. The molecule has 1 heterocycles. The highest BCUT2D eigenvalue weighted by atomic mass is 79.9. The van der Waals surface area contributed by atoms with E-state index in [1.807, 2.05) is 6.08 Å². The van der Waals surface area contributed by atoms with E-state index in [1.165, 1.54) is 4.90 Å². The summed E-state index contributed by atoms with van der Waals surface area (Å²) in [6.45, 7) is -0.0394. The second kappa shape index (κ2) is 4.04. The van der Waals surface area contributed by atoms with E-state index in [1.54, 1.807) is 6.08 Å². The first-order valence-corrected chi connectivity index (χ1v) is 5.51. The minimum Gasteiger partial charge on any atom is -0.333 e. The van der Waals surface area contributed by atoms with Gasteiger partial charge in [-0.25, -0.2) is 8.78 Å². The average Bonchev–Trinajstić information content (AvgIpc) is 2.42. The van der Waals surface area contributed by atoms with Crippen molar-refractivity contribution >= 4 is 21.8 Å². The fourth-order valence-electron chi connectivity index (χ4n) is 1.99. The van der Waals surface area contributed by atoms with Gasteiger partial charge < -0.3 is 4.90 Å². The molecule has 2 aliphatic rings. The Morgan fingerprint density at radius 2 is 2.27 bits per heavy atom. The number of carbonyl (C=O) groups excluding carboxylic acids is 1. The van der Waals surface area contributed by atoms with Gasteiger partial charge in [0, 0.05) is 18.0 Å². The van der Waals surface area contributed by atoms with Crippen molar-refractivity contribution in [3.05, 3.63) is 22.2 Å². The summed E-state index contributed by atoms with van der Waals surface area (Å²) in [6.07, 6.45) is 1.82. The van der Waals surface area contributed by atoms with Gasteiger partial charge in [-0.2, -0.15) is 0 Å². The topological polar surface area (TPSA) is 20.3 Å². The molecular weight excluding hydrogens is 268 g/mol. The Kier molecular flexibility index (Phi) is 2.91. The Hall–Kier alpha value is -0.710. The smallest absolute Gasteiger partial charge is 0.255 e. The van der Waals surface area contributed by atoms with Gasteiger partial charge in [-0.15, -0.1) is 0 Å². The second-order valence-electron chi connectivity index (χ2n) is 3.74. The number of nitrogens with zero attached hydrogens (tertiary/aromatic N) is 1. The van der Waals surface area contributed by atoms with E-state index < -0.39 is 13.0 Å². The van der Waals surface area contributed by atoms with E-state index in [-0.39, 0.29) is 11.8 Å². The molecule has 2 rings (SSSR count). The predicted molar refractivity (Wildman–Crippen MR) is 55.8 cm³/mol. The first-order valence-electron chi connectivity index (χ1n) is 4.71. The minimum atomic E-state index is -2.45. The third-order valence-electron chi connectivity index (χ3n) is 2.66. The van der Waals surface area contributed by atoms with Gasteiger partial charge in [0.15, 0.2) is 0 Å². The first kappa shape index (κ1) is 10.8. The van der Waals surface area contributed by atoms with E-state index in [0.29, 0.717) is 12.1 Å². The molecule has 1 aliphatic heterocycles. The molecule has 0 bridgehead atoms. The Bertz CT molecular complexity index is 351. The van der Waals surface area contributed by atoms with Crippen LogP contribution < -0.4 is 0 Å². The maximum Gasteiger partial charge on any atom is 0.255 e. The molecule has 2 nitrogen and oxygen atoms in total. The van der Waals surface area contributed by atoms with Crippen LogP contribution in [0.5, 0.6) is 0 Å². The van der Waals surface area contributed by atoms with Crippen LogP contribution in [-0.4, -0.2) is 30.3 Å². The van der Waals surface area contributed by atoms with Crippen LogP contribution in [0.4, 0.5) is 8.78 Å². The van der Waals surface area contributed by atoms with Gasteiger partial charge in [0.1, 0.15) is 0 Å². The molecule has 0 aromatic heterocycles. The van der Waals surface area contributed by atoms with Crippen molar-refractivity contribution in [2.45, 2.75) is 12.8 Å². The van der Waals surface area contributed by atoms with E-state index >= 15 is 0 Å². The molecule has 1 unspecified atom stereocenters. The molecule has 1 atom stereocenters. The van der Waals surface area contributed by atoms with Crippen molar-refractivity contribution in [2.75, 3.05) is 13.1 Å². The fraction of sp³-hybridized carbons (Fsp3) is 0.500. The van der Waals surface area contributed by atoms with Gasteiger partial charge in [0.05, 0.1) is 6.54 Å². The van der Waals surface area contributed by atoms with Crippen molar-refractivity contribution in [1.82, 2.24) is 4.90 Å². The van der Waals surface area contributed by atoms with Crippen molar-refractivity contribution < 1.29 is 13.6 Å². The Labute approximate surface area is 94.8 Å². The maximum absolute atomic E-state index is 12.2. The predicted octanol–water partition coefficient (Wildman–Crippen LogP) is 2.32. The molecule has 0 radical (unpaired) electrons. The van der Waals surface area contributed by atoms with Gasteiger partial charge in [-0.3, -0.25) is 4.79 Å². The molecular formula is C10H10BrF2NO. The van der Waals surface area contributed by atoms with E-state index in [0.717, 1.165) is 10.9 Å². The minimum absolute atomic E-state index is 0.0793. The van der Waals surface area contributed by atoms with E-state index in [9.17, 15) is 13.6 Å². The van der Waals surface area contributed by atoms with E-state index in [2.05, 4.69) is 15.9 Å². The second-order valence-corrected chi connectivity index (χ2v) is 4.76. The largest absolute Gasteiger partial charge is 0.333 e. The number of hydrogen-bond acceptors (Lipinski definition) is 1. The number of rotatable bonds is 2. The number of likely N-dealkylation sites (tertiary alicyclic amines) is 1. The number of hydrogen-bond donors (Lipinski definition) is 0. The molecule has 0 aromatic rings. The van der Waals surface area contributed by atoms with Crippen molar-refractivity contribution in [3.8, 4) is 0 Å². The Morgan fingerprint density at radius 1 is 1.53 bits per heavy atom. The number of alkyl halides is 2. The summed E-state index contributed by atoms with van der Waals surface area (Å²) in [4.78, 5) is 12.9. The molecule has 1 saturated heterocycles. The fourth-order valence-corrected chi connectivity index (χ4v) is 2.52. The molecule has 15 heavy (non-hydrogen) atoms. The number of halogens is 3. The summed E-state index contributed by atoms with van der Waals surface area (Å²) >= 11 is 3.35. The van der Waals surface area contributed by atoms with Crippen LogP contribution in [0.3, 0.4) is 0 Å². The average molecular weight is 278 g/mol. The van der Waals surface area contributed by atoms with Crippen LogP contribution in [0, 0.1) is 5.92 Å². The van der Waals surface area contributed by atoms with Gasteiger partial charge in [0.2, 0.25) is 5.91 Å². The molecule has 0 spiro atoms. The lowest BCUT2D eigenvalue weighted by Gasteiger charge is -2.15. The lowest BCUT2D eigenvalue weighted by atomic mass is 9.94.